The fourth-order valence-electron chi connectivity index (χ4n) is 3.10. The van der Waals surface area contributed by atoms with E-state index in [1.54, 1.807) is 25.6 Å². The van der Waals surface area contributed by atoms with E-state index in [2.05, 4.69) is 16.0 Å². The third-order valence-corrected chi connectivity index (χ3v) is 5.31. The lowest BCUT2D eigenvalue weighted by Crippen LogP contribution is -2.19. The summed E-state index contributed by atoms with van der Waals surface area (Å²) in [5.74, 6) is 2.33. The highest BCUT2D eigenvalue weighted by Crippen LogP contribution is 2.34. The zero-order valence-electron chi connectivity index (χ0n) is 15.9. The predicted molar refractivity (Wildman–Crippen MR) is 109 cm³/mol. The Morgan fingerprint density at radius 2 is 1.89 bits per heavy atom. The van der Waals surface area contributed by atoms with E-state index in [-0.39, 0.29) is 0 Å². The number of nitrogens with zero attached hydrogens (tertiary/aromatic N) is 2. The van der Waals surface area contributed by atoms with E-state index in [0.29, 0.717) is 26.4 Å². The van der Waals surface area contributed by atoms with Gasteiger partial charge in [-0.2, -0.15) is 0 Å². The van der Waals surface area contributed by atoms with Crippen molar-refractivity contribution in [2.24, 2.45) is 4.99 Å². The van der Waals surface area contributed by atoms with Crippen LogP contribution in [0, 0.1) is 0 Å². The van der Waals surface area contributed by atoms with Gasteiger partial charge in [0.2, 0.25) is 0 Å². The number of ether oxygens (including phenoxy) is 4. The molecule has 0 aliphatic carbocycles. The summed E-state index contributed by atoms with van der Waals surface area (Å²) in [5, 5.41) is 2.10. The number of thiazole rings is 1. The molecular weight excluding hydrogens is 376 g/mol. The van der Waals surface area contributed by atoms with Gasteiger partial charge in [-0.15, -0.1) is 11.3 Å². The molecule has 0 bridgehead atoms. The molecule has 2 heterocycles. The van der Waals surface area contributed by atoms with Crippen LogP contribution in [-0.2, 0) is 11.3 Å². The molecule has 0 unspecified atom stereocenters. The Labute approximate surface area is 167 Å². The zero-order chi connectivity index (χ0) is 19.3. The van der Waals surface area contributed by atoms with Gasteiger partial charge in [-0.25, -0.2) is 4.99 Å². The molecule has 0 N–H and O–H groups in total. The summed E-state index contributed by atoms with van der Waals surface area (Å²) < 4.78 is 24.3. The Balaban J connectivity index is 1.79. The summed E-state index contributed by atoms with van der Waals surface area (Å²) in [7, 11) is 3.39. The number of rotatable bonds is 6. The smallest absolute Gasteiger partial charge is 0.190 e. The van der Waals surface area contributed by atoms with E-state index in [1.807, 2.05) is 36.4 Å². The van der Waals surface area contributed by atoms with Crippen LogP contribution in [-0.4, -0.2) is 38.6 Å². The van der Waals surface area contributed by atoms with Gasteiger partial charge in [0.15, 0.2) is 16.3 Å². The largest absolute Gasteiger partial charge is 0.496 e. The minimum Gasteiger partial charge on any atom is -0.496 e. The van der Waals surface area contributed by atoms with Gasteiger partial charge in [0, 0.05) is 30.7 Å². The molecule has 1 aliphatic rings. The number of methoxy groups -OCH3 is 2. The first-order chi connectivity index (χ1) is 13.8. The molecule has 0 amide bonds. The average molecular weight is 398 g/mol. The molecule has 6 nitrogen and oxygen atoms in total. The van der Waals surface area contributed by atoms with Gasteiger partial charge in [0.1, 0.15) is 19.0 Å². The van der Waals surface area contributed by atoms with Crippen LogP contribution in [0.5, 0.6) is 17.2 Å². The van der Waals surface area contributed by atoms with Crippen molar-refractivity contribution in [2.75, 3.05) is 34.0 Å². The van der Waals surface area contributed by atoms with Crippen molar-refractivity contribution in [3.05, 3.63) is 52.6 Å². The van der Waals surface area contributed by atoms with E-state index in [4.69, 9.17) is 23.9 Å². The van der Waals surface area contributed by atoms with Crippen molar-refractivity contribution in [1.82, 2.24) is 4.57 Å². The van der Waals surface area contributed by atoms with Crippen LogP contribution in [0.3, 0.4) is 0 Å². The topological polar surface area (TPSA) is 54.2 Å². The second-order valence-electron chi connectivity index (χ2n) is 6.19. The third-order valence-electron chi connectivity index (χ3n) is 4.45. The number of para-hydroxylation sites is 1. The lowest BCUT2D eigenvalue weighted by atomic mass is 10.1. The van der Waals surface area contributed by atoms with E-state index in [9.17, 15) is 0 Å². The van der Waals surface area contributed by atoms with Crippen LogP contribution in [0.4, 0.5) is 5.69 Å². The minimum atomic E-state index is 0.557. The summed E-state index contributed by atoms with van der Waals surface area (Å²) in [5.41, 5.74) is 2.90. The fraction of sp³-hybridized carbons (Fsp3) is 0.286. The van der Waals surface area contributed by atoms with Crippen LogP contribution in [0.15, 0.2) is 52.8 Å². The number of hydrogen-bond acceptors (Lipinski definition) is 6. The maximum atomic E-state index is 5.68. The summed E-state index contributed by atoms with van der Waals surface area (Å²) in [6, 6.07) is 13.8. The summed E-state index contributed by atoms with van der Waals surface area (Å²) in [6.07, 6.45) is 0. The highest BCUT2D eigenvalue weighted by Gasteiger charge is 2.14. The molecule has 146 valence electrons. The Bertz CT molecular complexity index is 1030. The second kappa shape index (κ2) is 8.50. The maximum absolute atomic E-state index is 5.68. The Hall–Kier alpha value is -2.77. The molecule has 1 aromatic heterocycles. The highest BCUT2D eigenvalue weighted by atomic mass is 32.1. The molecular formula is C21H22N2O4S. The number of aromatic nitrogens is 1. The van der Waals surface area contributed by atoms with Crippen molar-refractivity contribution in [3.8, 4) is 28.5 Å². The maximum Gasteiger partial charge on any atom is 0.190 e. The molecule has 3 aromatic rings. The van der Waals surface area contributed by atoms with E-state index in [0.717, 1.165) is 39.0 Å². The Morgan fingerprint density at radius 1 is 1.07 bits per heavy atom. The number of benzene rings is 2. The normalized spacial score (nSPS) is 13.6. The van der Waals surface area contributed by atoms with Crippen molar-refractivity contribution in [2.45, 2.75) is 6.54 Å². The predicted octanol–water partition coefficient (Wildman–Crippen LogP) is 3.88. The molecule has 0 radical (unpaired) electrons. The van der Waals surface area contributed by atoms with Gasteiger partial charge >= 0.3 is 0 Å². The molecule has 7 heteroatoms. The molecule has 4 rings (SSSR count). The first kappa shape index (κ1) is 18.6. The number of hydrogen-bond donors (Lipinski definition) is 0. The third kappa shape index (κ3) is 3.76. The van der Waals surface area contributed by atoms with Crippen LogP contribution < -0.4 is 19.0 Å². The monoisotopic (exact) mass is 398 g/mol. The van der Waals surface area contributed by atoms with Crippen molar-refractivity contribution >= 4 is 17.0 Å². The Morgan fingerprint density at radius 3 is 2.71 bits per heavy atom. The van der Waals surface area contributed by atoms with E-state index in [1.165, 1.54) is 0 Å². The lowest BCUT2D eigenvalue weighted by molar-refractivity contribution is 0.171. The second-order valence-corrected chi connectivity index (χ2v) is 7.02. The van der Waals surface area contributed by atoms with Gasteiger partial charge < -0.3 is 23.5 Å². The Kier molecular flexibility index (Phi) is 5.64. The molecule has 1 aliphatic heterocycles. The standard InChI is InChI=1S/C21H22N2O4S/c1-24-10-9-23-17(16-5-3-4-6-18(16)25-2)14-28-21(23)22-15-7-8-19-20(13-15)27-12-11-26-19/h3-8,13-14H,9-12H2,1-2H3. The van der Waals surface area contributed by atoms with Gasteiger partial charge in [-0.1, -0.05) is 12.1 Å². The first-order valence-corrected chi connectivity index (χ1v) is 9.93. The van der Waals surface area contributed by atoms with Crippen LogP contribution in [0.2, 0.25) is 0 Å². The van der Waals surface area contributed by atoms with E-state index >= 15 is 0 Å². The summed E-state index contributed by atoms with van der Waals surface area (Å²) in [4.78, 5) is 5.74. The molecule has 2 aromatic carbocycles. The molecule has 0 spiro atoms. The van der Waals surface area contributed by atoms with E-state index < -0.39 is 0 Å². The van der Waals surface area contributed by atoms with Crippen molar-refractivity contribution < 1.29 is 18.9 Å². The lowest BCUT2D eigenvalue weighted by Gasteiger charge is -2.18. The molecule has 28 heavy (non-hydrogen) atoms. The molecule has 0 fully saturated rings. The van der Waals surface area contributed by atoms with Crippen molar-refractivity contribution in [3.63, 3.8) is 0 Å². The van der Waals surface area contributed by atoms with Gasteiger partial charge in [-0.05, 0) is 24.3 Å². The SMILES string of the molecule is COCCn1c(-c2ccccc2OC)csc1=Nc1ccc2c(c1)OCCO2. The molecule has 0 saturated carbocycles. The van der Waals surface area contributed by atoms with Crippen LogP contribution >= 0.6 is 11.3 Å². The minimum absolute atomic E-state index is 0.557. The van der Waals surface area contributed by atoms with Gasteiger partial charge in [0.05, 0.1) is 25.1 Å². The van der Waals surface area contributed by atoms with Gasteiger partial charge in [0.25, 0.3) is 0 Å². The molecule has 0 saturated heterocycles. The van der Waals surface area contributed by atoms with Crippen LogP contribution in [0.1, 0.15) is 0 Å². The fourth-order valence-corrected chi connectivity index (χ4v) is 4.05. The van der Waals surface area contributed by atoms with Gasteiger partial charge in [-0.3, -0.25) is 0 Å². The van der Waals surface area contributed by atoms with Crippen LogP contribution in [0.25, 0.3) is 11.3 Å². The first-order valence-electron chi connectivity index (χ1n) is 9.05. The van der Waals surface area contributed by atoms with Crippen molar-refractivity contribution in [1.29, 1.82) is 0 Å². The summed E-state index contributed by atoms with van der Waals surface area (Å²) >= 11 is 1.59. The zero-order valence-corrected chi connectivity index (χ0v) is 16.7. The number of fused-ring (bicyclic) bond motifs is 1. The average Bonchev–Trinajstić information content (AvgIpc) is 3.14. The quantitative estimate of drug-likeness (QED) is 0.632. The highest BCUT2D eigenvalue weighted by molar-refractivity contribution is 7.07. The summed E-state index contributed by atoms with van der Waals surface area (Å²) in [6.45, 7) is 2.42. The molecule has 0 atom stereocenters.